The second-order valence-corrected chi connectivity index (χ2v) is 10.5. The van der Waals surface area contributed by atoms with Gasteiger partial charge in [0, 0.05) is 0 Å². The molecule has 4 rings (SSSR count). The van der Waals surface area contributed by atoms with Gasteiger partial charge in [-0.2, -0.15) is 0 Å². The Hall–Kier alpha value is -2.70. The van der Waals surface area contributed by atoms with Crippen molar-refractivity contribution >= 4 is 26.5 Å². The van der Waals surface area contributed by atoms with E-state index in [0.29, 0.717) is 12.8 Å². The molecule has 2 N–H and O–H groups in total. The Bertz CT molecular complexity index is 1210. The Balaban J connectivity index is 1.68. The third kappa shape index (κ3) is 3.75. The normalized spacial score (nSPS) is 16.2. The largest absolute Gasteiger partial charge is 0.289 e. The van der Waals surface area contributed by atoms with Crippen LogP contribution < -0.4 is 5.48 Å². The Labute approximate surface area is 183 Å². The summed E-state index contributed by atoms with van der Waals surface area (Å²) in [6.07, 6.45) is 3.59. The molecule has 3 aromatic rings. The number of hydroxylamine groups is 1. The van der Waals surface area contributed by atoms with Crippen LogP contribution in [-0.2, 0) is 21.1 Å². The zero-order valence-corrected chi connectivity index (χ0v) is 18.4. The lowest BCUT2D eigenvalue weighted by Crippen LogP contribution is -2.52. The van der Waals surface area contributed by atoms with Crippen LogP contribution in [-0.4, -0.2) is 24.3 Å². The molecule has 5 nitrogen and oxygen atoms in total. The highest BCUT2D eigenvalue weighted by Crippen LogP contribution is 2.39. The SMILES string of the molecule is CCc1ccc2cc(-c3ccc(S(=O)(=O)C4(C(=O)NO)CCCCC4)cc3)ccc2c1. The van der Waals surface area contributed by atoms with Crippen molar-refractivity contribution in [2.24, 2.45) is 0 Å². The van der Waals surface area contributed by atoms with E-state index in [9.17, 15) is 18.4 Å². The van der Waals surface area contributed by atoms with Crippen molar-refractivity contribution in [2.75, 3.05) is 0 Å². The second-order valence-electron chi connectivity index (χ2n) is 8.27. The Kier molecular flexibility index (Phi) is 5.86. The maximum Gasteiger partial charge on any atom is 0.265 e. The molecule has 31 heavy (non-hydrogen) atoms. The summed E-state index contributed by atoms with van der Waals surface area (Å²) in [5.41, 5.74) is 4.79. The fourth-order valence-corrected chi connectivity index (χ4v) is 6.65. The first-order valence-electron chi connectivity index (χ1n) is 10.7. The molecule has 0 saturated heterocycles. The molecule has 3 aromatic carbocycles. The molecule has 1 saturated carbocycles. The van der Waals surface area contributed by atoms with Gasteiger partial charge in [-0.1, -0.05) is 68.7 Å². The molecule has 6 heteroatoms. The molecule has 0 heterocycles. The maximum atomic E-state index is 13.4. The molecule has 162 valence electrons. The van der Waals surface area contributed by atoms with Crippen LogP contribution in [0.2, 0.25) is 0 Å². The van der Waals surface area contributed by atoms with Gasteiger partial charge in [0.1, 0.15) is 0 Å². The predicted molar refractivity (Wildman–Crippen MR) is 122 cm³/mol. The fraction of sp³-hybridized carbons (Fsp3) is 0.320. The van der Waals surface area contributed by atoms with Crippen molar-refractivity contribution in [3.63, 3.8) is 0 Å². The highest BCUT2D eigenvalue weighted by molar-refractivity contribution is 7.93. The zero-order chi connectivity index (χ0) is 22.1. The summed E-state index contributed by atoms with van der Waals surface area (Å²) < 4.78 is 25.2. The van der Waals surface area contributed by atoms with Crippen molar-refractivity contribution in [1.29, 1.82) is 0 Å². The Morgan fingerprint density at radius 1 is 0.903 bits per heavy atom. The van der Waals surface area contributed by atoms with Gasteiger partial charge in [-0.3, -0.25) is 10.0 Å². The number of carbonyl (C=O) groups excluding carboxylic acids is 1. The molecule has 0 bridgehead atoms. The van der Waals surface area contributed by atoms with Gasteiger partial charge >= 0.3 is 0 Å². The van der Waals surface area contributed by atoms with E-state index >= 15 is 0 Å². The van der Waals surface area contributed by atoms with Gasteiger partial charge in [-0.05, 0) is 64.9 Å². The van der Waals surface area contributed by atoms with Crippen LogP contribution in [0.3, 0.4) is 0 Å². The summed E-state index contributed by atoms with van der Waals surface area (Å²) >= 11 is 0. The van der Waals surface area contributed by atoms with Crippen molar-refractivity contribution in [2.45, 2.75) is 55.1 Å². The summed E-state index contributed by atoms with van der Waals surface area (Å²) in [6, 6.07) is 19.3. The van der Waals surface area contributed by atoms with E-state index in [4.69, 9.17) is 0 Å². The topological polar surface area (TPSA) is 83.5 Å². The van der Waals surface area contributed by atoms with E-state index in [1.165, 1.54) is 10.9 Å². The molecule has 1 fully saturated rings. The Morgan fingerprint density at radius 2 is 1.52 bits per heavy atom. The average Bonchev–Trinajstić information content (AvgIpc) is 2.83. The summed E-state index contributed by atoms with van der Waals surface area (Å²) in [6.45, 7) is 2.13. The number of amides is 1. The number of rotatable bonds is 5. The summed E-state index contributed by atoms with van der Waals surface area (Å²) in [5, 5.41) is 11.5. The molecule has 0 spiro atoms. The molecule has 0 aromatic heterocycles. The highest BCUT2D eigenvalue weighted by Gasteiger charge is 2.51. The van der Waals surface area contributed by atoms with E-state index in [2.05, 4.69) is 37.3 Å². The maximum absolute atomic E-state index is 13.4. The van der Waals surface area contributed by atoms with Crippen LogP contribution in [0.4, 0.5) is 0 Å². The van der Waals surface area contributed by atoms with Crippen molar-refractivity contribution < 1.29 is 18.4 Å². The van der Waals surface area contributed by atoms with Crippen LogP contribution in [0, 0.1) is 0 Å². The lowest BCUT2D eigenvalue weighted by Gasteiger charge is -2.34. The number of aryl methyl sites for hydroxylation is 1. The number of benzene rings is 3. The number of fused-ring (bicyclic) bond motifs is 1. The minimum Gasteiger partial charge on any atom is -0.289 e. The smallest absolute Gasteiger partial charge is 0.265 e. The average molecular weight is 438 g/mol. The number of hydrogen-bond acceptors (Lipinski definition) is 4. The molecule has 0 unspecified atom stereocenters. The first-order chi connectivity index (χ1) is 14.9. The van der Waals surface area contributed by atoms with Crippen molar-refractivity contribution in [1.82, 2.24) is 5.48 Å². The first kappa shape index (κ1) is 21.5. The summed E-state index contributed by atoms with van der Waals surface area (Å²) in [5.74, 6) is -0.836. The van der Waals surface area contributed by atoms with Gasteiger partial charge in [0.15, 0.2) is 14.6 Å². The van der Waals surface area contributed by atoms with Crippen molar-refractivity contribution in [3.8, 4) is 11.1 Å². The first-order valence-corrected chi connectivity index (χ1v) is 12.2. The summed E-state index contributed by atoms with van der Waals surface area (Å²) in [4.78, 5) is 12.5. The van der Waals surface area contributed by atoms with Crippen LogP contribution in [0.1, 0.15) is 44.6 Å². The third-order valence-electron chi connectivity index (χ3n) is 6.50. The predicted octanol–water partition coefficient (Wildman–Crippen LogP) is 5.05. The van der Waals surface area contributed by atoms with E-state index in [1.807, 2.05) is 6.07 Å². The molecule has 0 atom stereocenters. The molecule has 1 aliphatic carbocycles. The van der Waals surface area contributed by atoms with Crippen LogP contribution in [0.25, 0.3) is 21.9 Å². The minimum absolute atomic E-state index is 0.107. The zero-order valence-electron chi connectivity index (χ0n) is 17.6. The van der Waals surface area contributed by atoms with E-state index < -0.39 is 20.5 Å². The van der Waals surface area contributed by atoms with Gasteiger partial charge in [0.25, 0.3) is 5.91 Å². The lowest BCUT2D eigenvalue weighted by atomic mass is 9.88. The van der Waals surface area contributed by atoms with Crippen molar-refractivity contribution in [3.05, 3.63) is 66.2 Å². The molecule has 1 amide bonds. The van der Waals surface area contributed by atoms with Gasteiger partial charge in [0.2, 0.25) is 0 Å². The number of carbonyl (C=O) groups is 1. The minimum atomic E-state index is -3.95. The molecular weight excluding hydrogens is 410 g/mol. The molecule has 1 aliphatic rings. The van der Waals surface area contributed by atoms with E-state index in [1.54, 1.807) is 29.7 Å². The number of sulfone groups is 1. The third-order valence-corrected chi connectivity index (χ3v) is 9.02. The van der Waals surface area contributed by atoms with Gasteiger partial charge < -0.3 is 0 Å². The molecule has 0 radical (unpaired) electrons. The number of hydrogen-bond donors (Lipinski definition) is 2. The lowest BCUT2D eigenvalue weighted by molar-refractivity contribution is -0.132. The van der Waals surface area contributed by atoms with Gasteiger partial charge in [-0.25, -0.2) is 13.9 Å². The van der Waals surface area contributed by atoms with Gasteiger partial charge in [-0.15, -0.1) is 0 Å². The van der Waals surface area contributed by atoms with Crippen LogP contribution in [0.15, 0.2) is 65.6 Å². The Morgan fingerprint density at radius 3 is 2.16 bits per heavy atom. The second kappa shape index (κ2) is 8.44. The molecule has 0 aliphatic heterocycles. The van der Waals surface area contributed by atoms with E-state index in [-0.39, 0.29) is 17.7 Å². The van der Waals surface area contributed by atoms with E-state index in [0.717, 1.165) is 29.4 Å². The fourth-order valence-electron chi connectivity index (χ4n) is 4.59. The standard InChI is InChI=1S/C25H27NO4S/c1-2-18-6-7-22-17-21(9-8-20(22)16-18)19-10-12-23(13-11-19)31(29,30)25(24(27)26-28)14-4-3-5-15-25/h6-13,16-17,28H,2-5,14-15H2,1H3,(H,26,27). The molecular formula is C25H27NO4S. The van der Waals surface area contributed by atoms with Gasteiger partial charge in [0.05, 0.1) is 4.90 Å². The van der Waals surface area contributed by atoms with Crippen LogP contribution >= 0.6 is 0 Å². The highest BCUT2D eigenvalue weighted by atomic mass is 32.2. The summed E-state index contributed by atoms with van der Waals surface area (Å²) in [7, 11) is -3.95. The van der Waals surface area contributed by atoms with Crippen LogP contribution in [0.5, 0.6) is 0 Å². The number of nitrogens with one attached hydrogen (secondary N) is 1. The monoisotopic (exact) mass is 437 g/mol. The quantitative estimate of drug-likeness (QED) is 0.432.